The van der Waals surface area contributed by atoms with E-state index in [4.69, 9.17) is 5.73 Å². The average molecular weight is 382 g/mol. The summed E-state index contributed by atoms with van der Waals surface area (Å²) in [4.78, 5) is 23.7. The third-order valence-corrected chi connectivity index (χ3v) is 4.74. The molecule has 0 radical (unpaired) electrons. The number of aromatic nitrogens is 4. The Balaban J connectivity index is 1.71. The smallest absolute Gasteiger partial charge is 0.250 e. The van der Waals surface area contributed by atoms with Crippen LogP contribution < -0.4 is 11.1 Å². The number of nitrogens with one attached hydrogen (secondary N) is 1. The molecule has 0 atom stereocenters. The zero-order chi connectivity index (χ0) is 19.4. The van der Waals surface area contributed by atoms with Crippen LogP contribution in [0.25, 0.3) is 5.69 Å². The summed E-state index contributed by atoms with van der Waals surface area (Å²) in [6.07, 6.45) is 0. The van der Waals surface area contributed by atoms with Gasteiger partial charge < -0.3 is 11.1 Å². The Bertz CT molecular complexity index is 1000. The third-order valence-electron chi connectivity index (χ3n) is 3.82. The molecule has 3 N–H and O–H groups in total. The number of carbonyl (C=O) groups excluding carboxylic acids is 2. The van der Waals surface area contributed by atoms with Crippen LogP contribution in [0.15, 0.2) is 47.6 Å². The number of tetrazole rings is 1. The summed E-state index contributed by atoms with van der Waals surface area (Å²) < 4.78 is 1.60. The van der Waals surface area contributed by atoms with E-state index >= 15 is 0 Å². The zero-order valence-electron chi connectivity index (χ0n) is 14.8. The summed E-state index contributed by atoms with van der Waals surface area (Å²) >= 11 is 1.20. The number of hydrogen-bond acceptors (Lipinski definition) is 6. The minimum atomic E-state index is -0.600. The second kappa shape index (κ2) is 8.00. The van der Waals surface area contributed by atoms with Crippen LogP contribution in [-0.4, -0.2) is 37.8 Å². The van der Waals surface area contributed by atoms with Gasteiger partial charge in [0.2, 0.25) is 11.1 Å². The molecule has 1 aromatic heterocycles. The van der Waals surface area contributed by atoms with Crippen LogP contribution >= 0.6 is 11.8 Å². The van der Waals surface area contributed by atoms with E-state index in [1.807, 2.05) is 32.0 Å². The molecule has 0 aliphatic heterocycles. The number of benzene rings is 2. The maximum atomic E-state index is 12.3. The molecule has 0 aliphatic rings. The average Bonchev–Trinajstić information content (AvgIpc) is 3.08. The van der Waals surface area contributed by atoms with E-state index in [9.17, 15) is 9.59 Å². The fourth-order valence-electron chi connectivity index (χ4n) is 2.59. The van der Waals surface area contributed by atoms with Gasteiger partial charge in [0.25, 0.3) is 5.91 Å². The highest BCUT2D eigenvalue weighted by Crippen LogP contribution is 2.22. The van der Waals surface area contributed by atoms with E-state index in [1.165, 1.54) is 11.8 Å². The first-order valence-corrected chi connectivity index (χ1v) is 9.12. The first-order chi connectivity index (χ1) is 13.0. The van der Waals surface area contributed by atoms with Gasteiger partial charge in [-0.3, -0.25) is 9.59 Å². The summed E-state index contributed by atoms with van der Waals surface area (Å²) in [5.41, 5.74) is 8.99. The van der Waals surface area contributed by atoms with Gasteiger partial charge >= 0.3 is 0 Å². The molecular formula is C18H18N6O2S. The van der Waals surface area contributed by atoms with Gasteiger partial charge in [-0.25, -0.2) is 0 Å². The topological polar surface area (TPSA) is 116 Å². The lowest BCUT2D eigenvalue weighted by molar-refractivity contribution is -0.113. The molecule has 0 bridgehead atoms. The normalized spacial score (nSPS) is 10.6. The zero-order valence-corrected chi connectivity index (χ0v) is 15.7. The second-order valence-corrected chi connectivity index (χ2v) is 6.85. The molecule has 0 saturated carbocycles. The van der Waals surface area contributed by atoms with Crippen molar-refractivity contribution in [3.05, 3.63) is 59.2 Å². The Labute approximate surface area is 160 Å². The molecule has 0 unspecified atom stereocenters. The van der Waals surface area contributed by atoms with Crippen LogP contribution in [0.2, 0.25) is 0 Å². The first-order valence-electron chi connectivity index (χ1n) is 8.13. The maximum absolute atomic E-state index is 12.3. The number of anilines is 1. The predicted octanol–water partition coefficient (Wildman–Crippen LogP) is 2.11. The van der Waals surface area contributed by atoms with Crippen LogP contribution in [0.1, 0.15) is 21.5 Å². The van der Waals surface area contributed by atoms with E-state index < -0.39 is 5.91 Å². The Morgan fingerprint density at radius 3 is 2.70 bits per heavy atom. The number of thioether (sulfide) groups is 1. The van der Waals surface area contributed by atoms with Crippen molar-refractivity contribution in [2.24, 2.45) is 5.73 Å². The molecular weight excluding hydrogens is 364 g/mol. The fraction of sp³-hybridized carbons (Fsp3) is 0.167. The van der Waals surface area contributed by atoms with Gasteiger partial charge in [-0.15, -0.1) is 5.10 Å². The summed E-state index contributed by atoms with van der Waals surface area (Å²) in [6, 6.07) is 12.5. The van der Waals surface area contributed by atoms with Crippen LogP contribution in [0.3, 0.4) is 0 Å². The standard InChI is InChI=1S/C18H18N6O2S/c1-11-7-8-15(12(2)9-11)24-18(21-22-23-24)27-10-16(25)20-14-6-4-3-5-13(14)17(19)26/h3-9H,10H2,1-2H3,(H2,19,26)(H,20,25). The Morgan fingerprint density at radius 2 is 1.96 bits per heavy atom. The molecule has 0 aliphatic carbocycles. The van der Waals surface area contributed by atoms with Crippen LogP contribution in [0.5, 0.6) is 0 Å². The molecule has 27 heavy (non-hydrogen) atoms. The summed E-state index contributed by atoms with van der Waals surface area (Å²) in [5, 5.41) is 14.9. The van der Waals surface area contributed by atoms with Gasteiger partial charge in [-0.05, 0) is 48.0 Å². The molecule has 0 fully saturated rings. The molecule has 0 spiro atoms. The Morgan fingerprint density at radius 1 is 1.19 bits per heavy atom. The second-order valence-electron chi connectivity index (χ2n) is 5.91. The number of para-hydroxylation sites is 1. The molecule has 1 heterocycles. The quantitative estimate of drug-likeness (QED) is 0.631. The van der Waals surface area contributed by atoms with E-state index in [0.717, 1.165) is 16.8 Å². The summed E-state index contributed by atoms with van der Waals surface area (Å²) in [5.74, 6) is -0.806. The van der Waals surface area contributed by atoms with E-state index in [2.05, 4.69) is 20.8 Å². The minimum Gasteiger partial charge on any atom is -0.366 e. The lowest BCUT2D eigenvalue weighted by Crippen LogP contribution is -2.19. The Kier molecular flexibility index (Phi) is 5.51. The highest BCUT2D eigenvalue weighted by atomic mass is 32.2. The molecule has 138 valence electrons. The van der Waals surface area contributed by atoms with Gasteiger partial charge in [0, 0.05) is 0 Å². The number of rotatable bonds is 6. The molecule has 8 nitrogen and oxygen atoms in total. The van der Waals surface area contributed by atoms with E-state index in [0.29, 0.717) is 10.8 Å². The van der Waals surface area contributed by atoms with Crippen molar-refractivity contribution in [2.45, 2.75) is 19.0 Å². The van der Waals surface area contributed by atoms with Crippen molar-refractivity contribution in [3.8, 4) is 5.69 Å². The highest BCUT2D eigenvalue weighted by Gasteiger charge is 2.15. The number of aryl methyl sites for hydroxylation is 2. The van der Waals surface area contributed by atoms with Gasteiger partial charge in [-0.2, -0.15) is 4.68 Å². The van der Waals surface area contributed by atoms with Crippen molar-refractivity contribution in [1.82, 2.24) is 20.2 Å². The van der Waals surface area contributed by atoms with Crippen LogP contribution in [0, 0.1) is 13.8 Å². The number of carbonyl (C=O) groups is 2. The van der Waals surface area contributed by atoms with Crippen LogP contribution in [0.4, 0.5) is 5.69 Å². The lowest BCUT2D eigenvalue weighted by Gasteiger charge is -2.09. The first kappa shape index (κ1) is 18.6. The molecule has 2 amide bonds. The summed E-state index contributed by atoms with van der Waals surface area (Å²) in [7, 11) is 0. The molecule has 3 aromatic rings. The van der Waals surface area contributed by atoms with E-state index in [-0.39, 0.29) is 17.2 Å². The van der Waals surface area contributed by atoms with Gasteiger partial charge in [-0.1, -0.05) is 41.6 Å². The molecule has 3 rings (SSSR count). The number of nitrogens with zero attached hydrogens (tertiary/aromatic N) is 4. The minimum absolute atomic E-state index is 0.0817. The largest absolute Gasteiger partial charge is 0.366 e. The predicted molar refractivity (Wildman–Crippen MR) is 103 cm³/mol. The SMILES string of the molecule is Cc1ccc(-n2nnnc2SCC(=O)Nc2ccccc2C(N)=O)c(C)c1. The van der Waals surface area contributed by atoms with Crippen molar-refractivity contribution in [3.63, 3.8) is 0 Å². The van der Waals surface area contributed by atoms with Gasteiger partial charge in [0.05, 0.1) is 22.7 Å². The van der Waals surface area contributed by atoms with Gasteiger partial charge in [0.15, 0.2) is 0 Å². The maximum Gasteiger partial charge on any atom is 0.250 e. The van der Waals surface area contributed by atoms with Crippen LogP contribution in [-0.2, 0) is 4.79 Å². The number of amides is 2. The van der Waals surface area contributed by atoms with Crippen molar-refractivity contribution < 1.29 is 9.59 Å². The van der Waals surface area contributed by atoms with E-state index in [1.54, 1.807) is 28.9 Å². The molecule has 2 aromatic carbocycles. The molecule has 9 heteroatoms. The summed E-state index contributed by atoms with van der Waals surface area (Å²) in [6.45, 7) is 3.99. The molecule has 0 saturated heterocycles. The van der Waals surface area contributed by atoms with Crippen molar-refractivity contribution in [1.29, 1.82) is 0 Å². The number of nitrogens with two attached hydrogens (primary N) is 1. The van der Waals surface area contributed by atoms with Crippen molar-refractivity contribution >= 4 is 29.3 Å². The monoisotopic (exact) mass is 382 g/mol. The lowest BCUT2D eigenvalue weighted by atomic mass is 10.1. The van der Waals surface area contributed by atoms with Gasteiger partial charge in [0.1, 0.15) is 0 Å². The number of primary amides is 1. The van der Waals surface area contributed by atoms with Crippen molar-refractivity contribution in [2.75, 3.05) is 11.1 Å². The number of hydrogen-bond donors (Lipinski definition) is 2. The fourth-order valence-corrected chi connectivity index (χ4v) is 3.27. The third kappa shape index (κ3) is 4.32. The highest BCUT2D eigenvalue weighted by molar-refractivity contribution is 7.99. The Hall–Kier alpha value is -3.20.